The van der Waals surface area contributed by atoms with E-state index in [2.05, 4.69) is 43.1 Å². The van der Waals surface area contributed by atoms with Gasteiger partial charge >= 0.3 is 0 Å². The Morgan fingerprint density at radius 3 is 2.59 bits per heavy atom. The van der Waals surface area contributed by atoms with Crippen molar-refractivity contribution in [2.24, 2.45) is 11.3 Å². The first-order valence-electron chi connectivity index (χ1n) is 12.9. The summed E-state index contributed by atoms with van der Waals surface area (Å²) in [6, 6.07) is 12.1. The minimum atomic E-state index is -0.277. The molecule has 0 bridgehead atoms. The van der Waals surface area contributed by atoms with Gasteiger partial charge < -0.3 is 10.2 Å². The summed E-state index contributed by atoms with van der Waals surface area (Å²) in [5.41, 5.74) is 3.17. The van der Waals surface area contributed by atoms with Crippen LogP contribution in [-0.4, -0.2) is 25.7 Å². The van der Waals surface area contributed by atoms with Gasteiger partial charge in [0.1, 0.15) is 5.82 Å². The van der Waals surface area contributed by atoms with E-state index in [9.17, 15) is 0 Å². The topological polar surface area (TPSA) is 15.3 Å². The molecule has 5 rings (SSSR count). The molecule has 0 unspecified atom stereocenters. The number of nitrogens with zero attached hydrogens (tertiary/aromatic N) is 1. The van der Waals surface area contributed by atoms with Gasteiger partial charge in [-0.2, -0.15) is 0 Å². The van der Waals surface area contributed by atoms with Crippen molar-refractivity contribution < 1.29 is 4.39 Å². The van der Waals surface area contributed by atoms with Crippen LogP contribution in [0.3, 0.4) is 0 Å². The Morgan fingerprint density at radius 2 is 1.85 bits per heavy atom. The Labute approximate surface area is 214 Å². The number of hydrogen-bond donors (Lipinski definition) is 1. The Bertz CT molecular complexity index is 1040. The molecule has 1 aliphatic carbocycles. The Balaban J connectivity index is 1.63. The molecule has 1 saturated carbocycles. The van der Waals surface area contributed by atoms with Crippen molar-refractivity contribution in [3.8, 4) is 0 Å². The molecule has 2 fully saturated rings. The smallest absolute Gasteiger partial charge is 0.145 e. The monoisotopic (exact) mass is 502 g/mol. The van der Waals surface area contributed by atoms with Crippen LogP contribution in [0.25, 0.3) is 0 Å². The van der Waals surface area contributed by atoms with Crippen LogP contribution in [0, 0.1) is 17.2 Å². The van der Waals surface area contributed by atoms with Gasteiger partial charge in [0.2, 0.25) is 0 Å². The van der Waals surface area contributed by atoms with Gasteiger partial charge in [-0.25, -0.2) is 4.39 Å². The first kappa shape index (κ1) is 24.4. The summed E-state index contributed by atoms with van der Waals surface area (Å²) < 4.78 is 15.5. The molecule has 0 radical (unpaired) electrons. The van der Waals surface area contributed by atoms with Crippen LogP contribution < -0.4 is 10.2 Å². The van der Waals surface area contributed by atoms with Gasteiger partial charge in [0, 0.05) is 47.7 Å². The maximum Gasteiger partial charge on any atom is 0.145 e. The van der Waals surface area contributed by atoms with Crippen LogP contribution in [0.4, 0.5) is 10.1 Å². The highest BCUT2D eigenvalue weighted by Gasteiger charge is 2.58. The minimum absolute atomic E-state index is 0.00729. The fourth-order valence-electron chi connectivity index (χ4n) is 6.99. The zero-order chi connectivity index (χ0) is 24.1. The second-order valence-electron chi connectivity index (χ2n) is 12.0. The van der Waals surface area contributed by atoms with E-state index >= 15 is 4.39 Å². The highest BCUT2D eigenvalue weighted by atomic mass is 35.5. The van der Waals surface area contributed by atoms with Gasteiger partial charge in [-0.15, -0.1) is 0 Å². The van der Waals surface area contributed by atoms with E-state index in [4.69, 9.17) is 23.2 Å². The average molecular weight is 504 g/mol. The van der Waals surface area contributed by atoms with E-state index in [1.54, 1.807) is 6.07 Å². The zero-order valence-corrected chi connectivity index (χ0v) is 22.2. The Hall–Kier alpha value is -1.29. The molecule has 0 amide bonds. The van der Waals surface area contributed by atoms with Crippen molar-refractivity contribution in [2.75, 3.05) is 24.5 Å². The van der Waals surface area contributed by atoms with Crippen LogP contribution in [0.5, 0.6) is 0 Å². The van der Waals surface area contributed by atoms with E-state index in [1.165, 1.54) is 43.4 Å². The molecule has 2 aromatic carbocycles. The molecule has 1 saturated heterocycles. The summed E-state index contributed by atoms with van der Waals surface area (Å²) in [7, 11) is 0. The third-order valence-corrected chi connectivity index (χ3v) is 8.97. The lowest BCUT2D eigenvalue weighted by atomic mass is 9.64. The number of anilines is 1. The molecule has 5 heteroatoms. The van der Waals surface area contributed by atoms with Gasteiger partial charge in [-0.3, -0.25) is 0 Å². The van der Waals surface area contributed by atoms with Gasteiger partial charge in [0.05, 0.1) is 5.02 Å². The normalized spacial score (nSPS) is 27.5. The number of rotatable bonds is 4. The number of fused-ring (bicyclic) bond motifs is 2. The van der Waals surface area contributed by atoms with Crippen molar-refractivity contribution in [1.82, 2.24) is 5.32 Å². The van der Waals surface area contributed by atoms with Gasteiger partial charge in [-0.1, -0.05) is 75.4 Å². The van der Waals surface area contributed by atoms with Gasteiger partial charge in [0.15, 0.2) is 0 Å². The molecular weight excluding hydrogens is 466 g/mol. The van der Waals surface area contributed by atoms with E-state index in [1.807, 2.05) is 18.2 Å². The van der Waals surface area contributed by atoms with Gasteiger partial charge in [0.25, 0.3) is 0 Å². The molecule has 3 atom stereocenters. The third kappa shape index (κ3) is 4.38. The Morgan fingerprint density at radius 1 is 1.09 bits per heavy atom. The maximum absolute atomic E-state index is 15.5. The predicted molar refractivity (Wildman–Crippen MR) is 142 cm³/mol. The minimum Gasteiger partial charge on any atom is -0.370 e. The number of benzene rings is 2. The first-order valence-corrected chi connectivity index (χ1v) is 13.7. The molecule has 2 aliphatic heterocycles. The van der Waals surface area contributed by atoms with Crippen molar-refractivity contribution in [2.45, 2.75) is 76.7 Å². The first-order chi connectivity index (χ1) is 16.2. The predicted octanol–water partition coefficient (Wildman–Crippen LogP) is 7.96. The summed E-state index contributed by atoms with van der Waals surface area (Å²) in [6.45, 7) is 9.59. The summed E-state index contributed by atoms with van der Waals surface area (Å²) in [4.78, 5) is 2.60. The zero-order valence-electron chi connectivity index (χ0n) is 20.6. The van der Waals surface area contributed by atoms with Crippen LogP contribution in [0.15, 0.2) is 36.4 Å². The third-order valence-electron chi connectivity index (χ3n) is 8.44. The highest BCUT2D eigenvalue weighted by Crippen LogP contribution is 2.56. The Kier molecular flexibility index (Phi) is 6.68. The van der Waals surface area contributed by atoms with Crippen molar-refractivity contribution in [3.05, 3.63) is 63.4 Å². The number of nitrogens with one attached hydrogen (secondary N) is 1. The van der Waals surface area contributed by atoms with E-state index < -0.39 is 0 Å². The molecule has 1 spiro atoms. The van der Waals surface area contributed by atoms with E-state index in [0.29, 0.717) is 0 Å². The lowest BCUT2D eigenvalue weighted by Gasteiger charge is -2.40. The fourth-order valence-corrected chi connectivity index (χ4v) is 7.35. The molecule has 0 aromatic heterocycles. The van der Waals surface area contributed by atoms with Crippen LogP contribution >= 0.6 is 23.2 Å². The van der Waals surface area contributed by atoms with Crippen LogP contribution in [0.2, 0.25) is 10.0 Å². The van der Waals surface area contributed by atoms with Crippen molar-refractivity contribution in [1.29, 1.82) is 0 Å². The summed E-state index contributed by atoms with van der Waals surface area (Å²) >= 11 is 12.9. The second-order valence-corrected chi connectivity index (χ2v) is 12.9. The average Bonchev–Trinajstić information content (AvgIpc) is 3.28. The lowest BCUT2D eigenvalue weighted by molar-refractivity contribution is 0.252. The number of halogens is 3. The SMILES string of the molecule is CC(C)(C)C[C@@H]1NC[C@H](c2cccc(Cl)c2F)[C@]12CN(CC1CCCCC1)c1ccc(Cl)cc12. The number of hydrogen-bond acceptors (Lipinski definition) is 2. The highest BCUT2D eigenvalue weighted by molar-refractivity contribution is 6.31. The van der Waals surface area contributed by atoms with Crippen molar-refractivity contribution >= 4 is 28.9 Å². The summed E-state index contributed by atoms with van der Waals surface area (Å²) in [5.74, 6) is 0.442. The molecular formula is C29H37Cl2FN2. The lowest BCUT2D eigenvalue weighted by Crippen LogP contribution is -2.48. The summed E-state index contributed by atoms with van der Waals surface area (Å²) in [5, 5.41) is 4.80. The van der Waals surface area contributed by atoms with Crippen LogP contribution in [0.1, 0.15) is 76.3 Å². The summed E-state index contributed by atoms with van der Waals surface area (Å²) in [6.07, 6.45) is 7.66. The van der Waals surface area contributed by atoms with Crippen LogP contribution in [-0.2, 0) is 5.41 Å². The molecule has 34 heavy (non-hydrogen) atoms. The standard InChI is InChI=1S/C29H37Cl2FN2/c1-28(2,3)15-26-29(23(16-33-26)21-10-7-11-24(31)27(21)32)18-34(17-19-8-5-4-6-9-19)25-13-12-20(30)14-22(25)29/h7,10-14,19,23,26,33H,4-6,8-9,15-18H2,1-3H3/t23-,26+,29-/m1/s1. The largest absolute Gasteiger partial charge is 0.370 e. The molecule has 2 heterocycles. The van der Waals surface area contributed by atoms with E-state index in [0.717, 1.165) is 42.6 Å². The van der Waals surface area contributed by atoms with Gasteiger partial charge in [-0.05, 0) is 66.0 Å². The molecule has 2 nitrogen and oxygen atoms in total. The molecule has 3 aliphatic rings. The van der Waals surface area contributed by atoms with Crippen molar-refractivity contribution in [3.63, 3.8) is 0 Å². The molecule has 184 valence electrons. The molecule has 2 aromatic rings. The quantitative estimate of drug-likeness (QED) is 0.455. The second kappa shape index (κ2) is 9.30. The molecule has 1 N–H and O–H groups in total. The fraction of sp³-hybridized carbons (Fsp3) is 0.586. The maximum atomic E-state index is 15.5. The van der Waals surface area contributed by atoms with E-state index in [-0.39, 0.29) is 33.6 Å².